The van der Waals surface area contributed by atoms with Crippen LogP contribution in [0.5, 0.6) is 0 Å². The monoisotopic (exact) mass is 469 g/mol. The Kier molecular flexibility index (Phi) is 5.77. The molecule has 0 spiro atoms. The zero-order chi connectivity index (χ0) is 20.6. The van der Waals surface area contributed by atoms with Crippen molar-refractivity contribution in [1.82, 2.24) is 14.8 Å². The van der Waals surface area contributed by atoms with E-state index in [1.54, 1.807) is 22.9 Å². The van der Waals surface area contributed by atoms with Crippen molar-refractivity contribution in [1.29, 1.82) is 0 Å². The molecule has 1 aliphatic rings. The summed E-state index contributed by atoms with van der Waals surface area (Å²) in [5, 5.41) is 13.8. The van der Waals surface area contributed by atoms with Crippen molar-refractivity contribution < 1.29 is 14.6 Å². The Morgan fingerprint density at radius 1 is 1.21 bits per heavy atom. The van der Waals surface area contributed by atoms with Crippen molar-refractivity contribution in [3.8, 4) is 0 Å². The molecule has 1 fully saturated rings. The van der Waals surface area contributed by atoms with E-state index < -0.39 is 10.9 Å². The van der Waals surface area contributed by atoms with E-state index >= 15 is 0 Å². The topological polar surface area (TPSA) is 80.5 Å². The maximum Gasteiger partial charge on any atom is 0.365 e. The van der Waals surface area contributed by atoms with Gasteiger partial charge in [-0.2, -0.15) is 5.10 Å². The first-order valence-electron chi connectivity index (χ1n) is 8.51. The zero-order valence-electron chi connectivity index (χ0n) is 14.8. The Hall–Kier alpha value is -1.77. The van der Waals surface area contributed by atoms with Crippen molar-refractivity contribution in [2.75, 3.05) is 0 Å². The fourth-order valence-electron chi connectivity index (χ4n) is 3.30. The molecule has 2 heterocycles. The van der Waals surface area contributed by atoms with Crippen LogP contribution in [0.4, 0.5) is 4.79 Å². The van der Waals surface area contributed by atoms with Crippen molar-refractivity contribution in [3.05, 3.63) is 80.8 Å². The van der Waals surface area contributed by atoms with Crippen molar-refractivity contribution in [3.63, 3.8) is 0 Å². The number of hydrogen-bond acceptors (Lipinski definition) is 5. The van der Waals surface area contributed by atoms with Gasteiger partial charge in [0, 0.05) is 26.2 Å². The van der Waals surface area contributed by atoms with E-state index in [1.165, 1.54) is 6.33 Å². The molecule has 0 amide bonds. The number of thioether (sulfide) groups is 1. The first-order valence-corrected chi connectivity index (χ1v) is 10.6. The van der Waals surface area contributed by atoms with Gasteiger partial charge in [-0.05, 0) is 30.0 Å². The van der Waals surface area contributed by atoms with Gasteiger partial charge in [-0.15, -0.1) is 0 Å². The molecule has 1 aliphatic heterocycles. The second kappa shape index (κ2) is 8.16. The third-order valence-electron chi connectivity index (χ3n) is 4.67. The van der Waals surface area contributed by atoms with Gasteiger partial charge in [0.1, 0.15) is 23.9 Å². The minimum Gasteiger partial charge on any atom is -0.473 e. The summed E-state index contributed by atoms with van der Waals surface area (Å²) < 4.78 is 7.85. The van der Waals surface area contributed by atoms with Crippen LogP contribution in [-0.2, 0) is 22.6 Å². The van der Waals surface area contributed by atoms with Crippen LogP contribution >= 0.6 is 46.6 Å². The molecule has 150 valence electrons. The van der Waals surface area contributed by atoms with E-state index in [9.17, 15) is 4.79 Å². The lowest BCUT2D eigenvalue weighted by Crippen LogP contribution is -2.22. The van der Waals surface area contributed by atoms with E-state index in [0.29, 0.717) is 27.4 Å². The lowest BCUT2D eigenvalue weighted by atomic mass is 9.91. The van der Waals surface area contributed by atoms with Gasteiger partial charge in [0.2, 0.25) is 0 Å². The highest BCUT2D eigenvalue weighted by Crippen LogP contribution is 2.60. The highest BCUT2D eigenvalue weighted by atomic mass is 35.5. The van der Waals surface area contributed by atoms with Crippen LogP contribution in [0.25, 0.3) is 0 Å². The second-order valence-electron chi connectivity index (χ2n) is 6.42. The normalized spacial score (nSPS) is 20.6. The predicted octanol–water partition coefficient (Wildman–Crippen LogP) is 5.82. The number of rotatable bonds is 6. The van der Waals surface area contributed by atoms with Crippen LogP contribution in [0.3, 0.4) is 0 Å². The number of benzene rings is 2. The SMILES string of the molecule is O=C(O)SCc1ncnn1C[C@]1(c2ccccc2Cl)O[C@@H]1c1ccc(Cl)cc1Cl. The highest BCUT2D eigenvalue weighted by molar-refractivity contribution is 8.12. The molecule has 10 heteroatoms. The lowest BCUT2D eigenvalue weighted by Gasteiger charge is -2.17. The van der Waals surface area contributed by atoms with Crippen LogP contribution < -0.4 is 0 Å². The molecule has 29 heavy (non-hydrogen) atoms. The van der Waals surface area contributed by atoms with E-state index in [4.69, 9.17) is 44.6 Å². The fraction of sp³-hybridized carbons (Fsp3) is 0.211. The molecule has 0 radical (unpaired) electrons. The number of halogens is 3. The number of hydrogen-bond donors (Lipinski definition) is 1. The predicted molar refractivity (Wildman–Crippen MR) is 113 cm³/mol. The highest BCUT2D eigenvalue weighted by Gasteiger charge is 2.60. The van der Waals surface area contributed by atoms with Gasteiger partial charge in [-0.1, -0.05) is 59.1 Å². The van der Waals surface area contributed by atoms with Gasteiger partial charge in [0.05, 0.1) is 12.3 Å². The molecule has 2 aromatic carbocycles. The van der Waals surface area contributed by atoms with E-state index in [2.05, 4.69) is 10.1 Å². The summed E-state index contributed by atoms with van der Waals surface area (Å²) in [5.41, 5.74) is 0.772. The first-order chi connectivity index (χ1) is 13.9. The Bertz CT molecular complexity index is 1080. The summed E-state index contributed by atoms with van der Waals surface area (Å²) in [6.45, 7) is 0.301. The molecule has 0 aliphatic carbocycles. The van der Waals surface area contributed by atoms with E-state index in [1.807, 2.05) is 24.3 Å². The molecular weight excluding hydrogens is 457 g/mol. The number of nitrogens with zero attached hydrogens (tertiary/aromatic N) is 3. The van der Waals surface area contributed by atoms with Gasteiger partial charge >= 0.3 is 5.30 Å². The van der Waals surface area contributed by atoms with Crippen LogP contribution in [0, 0.1) is 0 Å². The van der Waals surface area contributed by atoms with Gasteiger partial charge in [0.15, 0.2) is 0 Å². The minimum atomic E-state index is -0.978. The second-order valence-corrected chi connectivity index (χ2v) is 8.60. The van der Waals surface area contributed by atoms with Gasteiger partial charge in [-0.25, -0.2) is 14.5 Å². The van der Waals surface area contributed by atoms with Crippen LogP contribution in [0.15, 0.2) is 48.8 Å². The molecule has 0 bridgehead atoms. The summed E-state index contributed by atoms with van der Waals surface area (Å²) in [6, 6.07) is 12.7. The molecule has 2 atom stereocenters. The lowest BCUT2D eigenvalue weighted by molar-refractivity contribution is 0.222. The molecule has 4 rings (SSSR count). The van der Waals surface area contributed by atoms with Crippen molar-refractivity contribution >= 4 is 51.9 Å². The van der Waals surface area contributed by atoms with Gasteiger partial charge < -0.3 is 9.84 Å². The fourth-order valence-corrected chi connectivity index (χ4v) is 4.58. The molecule has 0 saturated carbocycles. The molecule has 1 aromatic heterocycles. The van der Waals surface area contributed by atoms with E-state index in [0.717, 1.165) is 22.9 Å². The number of aromatic nitrogens is 3. The number of carboxylic acid groups (broad SMARTS) is 1. The molecule has 3 aromatic rings. The zero-order valence-corrected chi connectivity index (χ0v) is 17.8. The summed E-state index contributed by atoms with van der Waals surface area (Å²) in [7, 11) is 0. The van der Waals surface area contributed by atoms with Crippen molar-refractivity contribution in [2.24, 2.45) is 0 Å². The van der Waals surface area contributed by atoms with Crippen molar-refractivity contribution in [2.45, 2.75) is 24.0 Å². The Labute approximate surface area is 185 Å². The largest absolute Gasteiger partial charge is 0.473 e. The first kappa shape index (κ1) is 20.5. The minimum absolute atomic E-state index is 0.181. The maximum atomic E-state index is 10.9. The third kappa shape index (κ3) is 4.11. The van der Waals surface area contributed by atoms with Crippen LogP contribution in [-0.4, -0.2) is 25.2 Å². The van der Waals surface area contributed by atoms with Gasteiger partial charge in [0.25, 0.3) is 0 Å². The smallest absolute Gasteiger partial charge is 0.365 e. The Balaban J connectivity index is 1.72. The number of ether oxygens (including phenoxy) is 1. The maximum absolute atomic E-state index is 10.9. The standard InChI is InChI=1S/C19H14Cl3N3O3S/c20-11-5-6-12(15(22)7-11)17-19(28-17,13-3-1-2-4-14(13)21)9-25-16(23-10-24-25)8-29-18(26)27/h1-7,10,17H,8-9H2,(H,26,27)/t17-,19-/m1/s1. The average molecular weight is 471 g/mol. The summed E-state index contributed by atoms with van der Waals surface area (Å²) in [5.74, 6) is 0.709. The molecule has 0 unspecified atom stereocenters. The Morgan fingerprint density at radius 2 is 2.00 bits per heavy atom. The Morgan fingerprint density at radius 3 is 2.72 bits per heavy atom. The average Bonchev–Trinajstić information content (AvgIpc) is 3.20. The van der Waals surface area contributed by atoms with E-state index in [-0.39, 0.29) is 11.9 Å². The molecule has 1 N–H and O–H groups in total. The number of epoxide rings is 1. The molecular formula is C19H14Cl3N3O3S. The molecule has 6 nitrogen and oxygen atoms in total. The van der Waals surface area contributed by atoms with Gasteiger partial charge in [-0.3, -0.25) is 0 Å². The quantitative estimate of drug-likeness (QED) is 0.457. The summed E-state index contributed by atoms with van der Waals surface area (Å²) in [4.78, 5) is 15.1. The number of carbonyl (C=O) groups is 1. The summed E-state index contributed by atoms with van der Waals surface area (Å²) >= 11 is 19.7. The molecule has 1 saturated heterocycles. The van der Waals surface area contributed by atoms with Crippen LogP contribution in [0.1, 0.15) is 23.1 Å². The summed E-state index contributed by atoms with van der Waals surface area (Å²) in [6.07, 6.45) is 1.03. The third-order valence-corrected chi connectivity index (χ3v) is 6.22. The van der Waals surface area contributed by atoms with Crippen LogP contribution in [0.2, 0.25) is 15.1 Å².